The largest absolute Gasteiger partial charge is 0.416 e. The minimum Gasteiger partial charge on any atom is -0.370 e. The molecule has 6 N–H and O–H groups in total. The summed E-state index contributed by atoms with van der Waals surface area (Å²) in [6.45, 7) is 0. The van der Waals surface area contributed by atoms with Gasteiger partial charge in [0.25, 0.3) is 0 Å². The highest BCUT2D eigenvalue weighted by molar-refractivity contribution is 5.85. The van der Waals surface area contributed by atoms with Gasteiger partial charge in [-0.3, -0.25) is 4.79 Å². The fourth-order valence-electron chi connectivity index (χ4n) is 1.44. The summed E-state index contributed by atoms with van der Waals surface area (Å²) in [5, 5.41) is 0. The number of carbonyl (C=O) groups excluding carboxylic acids is 1. The van der Waals surface area contributed by atoms with Crippen LogP contribution in [-0.4, -0.2) is 17.9 Å². The summed E-state index contributed by atoms with van der Waals surface area (Å²) in [6, 6.07) is 3.34. The zero-order chi connectivity index (χ0) is 14.6. The Morgan fingerprint density at radius 3 is 2.05 bits per heavy atom. The van der Waals surface area contributed by atoms with E-state index in [1.54, 1.807) is 0 Å². The number of benzene rings is 1. The first-order valence-electron chi connectivity index (χ1n) is 5.24. The molecule has 5 nitrogen and oxygen atoms in total. The monoisotopic (exact) mass is 274 g/mol. The van der Waals surface area contributed by atoms with Crippen molar-refractivity contribution in [2.75, 3.05) is 0 Å². The first-order chi connectivity index (χ1) is 8.70. The zero-order valence-electron chi connectivity index (χ0n) is 9.82. The SMILES string of the molecule is NC(=O)C(Cc1ccc(C(F)(F)F)cc1)N=C(N)N. The number of amides is 1. The van der Waals surface area contributed by atoms with E-state index in [1.165, 1.54) is 12.1 Å². The lowest BCUT2D eigenvalue weighted by atomic mass is 10.0. The molecule has 0 saturated carbocycles. The maximum Gasteiger partial charge on any atom is 0.416 e. The van der Waals surface area contributed by atoms with Crippen molar-refractivity contribution >= 4 is 11.9 Å². The van der Waals surface area contributed by atoms with Crippen molar-refractivity contribution in [1.29, 1.82) is 0 Å². The second-order valence-electron chi connectivity index (χ2n) is 3.87. The standard InChI is InChI=1S/C11H13F3N4O/c12-11(13,14)7-3-1-6(2-4-7)5-8(9(15)19)18-10(16)17/h1-4,8H,5H2,(H2,15,19)(H4,16,17,18). The Kier molecular flexibility index (Phi) is 4.36. The van der Waals surface area contributed by atoms with Crippen LogP contribution in [0.3, 0.4) is 0 Å². The Hall–Kier alpha value is -2.25. The van der Waals surface area contributed by atoms with Crippen LogP contribution in [0.2, 0.25) is 0 Å². The van der Waals surface area contributed by atoms with E-state index in [2.05, 4.69) is 4.99 Å². The van der Waals surface area contributed by atoms with Gasteiger partial charge < -0.3 is 17.2 Å². The van der Waals surface area contributed by atoms with E-state index in [0.29, 0.717) is 5.56 Å². The molecule has 1 unspecified atom stereocenters. The highest BCUT2D eigenvalue weighted by atomic mass is 19.4. The summed E-state index contributed by atoms with van der Waals surface area (Å²) in [4.78, 5) is 14.7. The van der Waals surface area contributed by atoms with Gasteiger partial charge in [0.05, 0.1) is 5.56 Å². The van der Waals surface area contributed by atoms with Crippen LogP contribution < -0.4 is 17.2 Å². The van der Waals surface area contributed by atoms with E-state index in [4.69, 9.17) is 17.2 Å². The molecular weight excluding hydrogens is 261 g/mol. The normalized spacial score (nSPS) is 12.8. The van der Waals surface area contributed by atoms with E-state index < -0.39 is 23.7 Å². The Balaban J connectivity index is 2.87. The smallest absolute Gasteiger partial charge is 0.370 e. The molecule has 104 valence electrons. The van der Waals surface area contributed by atoms with Crippen molar-refractivity contribution in [1.82, 2.24) is 0 Å². The maximum atomic E-state index is 12.4. The number of hydrogen-bond acceptors (Lipinski definition) is 2. The minimum absolute atomic E-state index is 0.0331. The number of aliphatic imine (C=N–C) groups is 1. The molecule has 0 radical (unpaired) electrons. The first kappa shape index (κ1) is 14.8. The van der Waals surface area contributed by atoms with Crippen LogP contribution in [0, 0.1) is 0 Å². The average molecular weight is 274 g/mol. The Bertz CT molecular complexity index is 478. The topological polar surface area (TPSA) is 107 Å². The highest BCUT2D eigenvalue weighted by Gasteiger charge is 2.30. The summed E-state index contributed by atoms with van der Waals surface area (Å²) in [5.41, 5.74) is 15.1. The molecule has 0 heterocycles. The fourth-order valence-corrected chi connectivity index (χ4v) is 1.44. The molecule has 19 heavy (non-hydrogen) atoms. The minimum atomic E-state index is -4.40. The molecule has 0 aromatic heterocycles. The number of nitrogens with two attached hydrogens (primary N) is 3. The van der Waals surface area contributed by atoms with Crippen molar-refractivity contribution < 1.29 is 18.0 Å². The zero-order valence-corrected chi connectivity index (χ0v) is 9.82. The third kappa shape index (κ3) is 4.49. The third-order valence-corrected chi connectivity index (χ3v) is 2.34. The first-order valence-corrected chi connectivity index (χ1v) is 5.24. The van der Waals surface area contributed by atoms with E-state index in [1.807, 2.05) is 0 Å². The number of guanidine groups is 1. The molecule has 1 atom stereocenters. The summed E-state index contributed by atoms with van der Waals surface area (Å²) in [6.07, 6.45) is -4.37. The van der Waals surface area contributed by atoms with Gasteiger partial charge in [-0.25, -0.2) is 4.99 Å². The van der Waals surface area contributed by atoms with Gasteiger partial charge in [0.15, 0.2) is 5.96 Å². The molecular formula is C11H13F3N4O. The molecule has 0 bridgehead atoms. The van der Waals surface area contributed by atoms with E-state index in [9.17, 15) is 18.0 Å². The molecule has 8 heteroatoms. The molecule has 1 amide bonds. The van der Waals surface area contributed by atoms with Gasteiger partial charge >= 0.3 is 6.18 Å². The van der Waals surface area contributed by atoms with Gasteiger partial charge in [-0.2, -0.15) is 13.2 Å². The molecule has 1 aromatic carbocycles. The third-order valence-electron chi connectivity index (χ3n) is 2.34. The van der Waals surface area contributed by atoms with Gasteiger partial charge in [-0.1, -0.05) is 12.1 Å². The molecule has 0 saturated heterocycles. The van der Waals surface area contributed by atoms with Crippen molar-refractivity contribution in [3.8, 4) is 0 Å². The van der Waals surface area contributed by atoms with Gasteiger partial charge in [-0.05, 0) is 17.7 Å². The average Bonchev–Trinajstić information content (AvgIpc) is 2.27. The summed E-state index contributed by atoms with van der Waals surface area (Å²) >= 11 is 0. The van der Waals surface area contributed by atoms with E-state index >= 15 is 0 Å². The van der Waals surface area contributed by atoms with Crippen LogP contribution in [0.15, 0.2) is 29.3 Å². The van der Waals surface area contributed by atoms with E-state index in [0.717, 1.165) is 12.1 Å². The van der Waals surface area contributed by atoms with Crippen LogP contribution >= 0.6 is 0 Å². The van der Waals surface area contributed by atoms with Crippen LogP contribution in [0.5, 0.6) is 0 Å². The molecule has 1 aromatic rings. The second kappa shape index (κ2) is 5.59. The van der Waals surface area contributed by atoms with E-state index in [-0.39, 0.29) is 12.4 Å². The number of rotatable bonds is 4. The quantitative estimate of drug-likeness (QED) is 0.545. The fraction of sp³-hybridized carbons (Fsp3) is 0.273. The number of primary amides is 1. The molecule has 0 aliphatic rings. The molecule has 0 spiro atoms. The summed E-state index contributed by atoms with van der Waals surface area (Å²) in [5.74, 6) is -1.07. The van der Waals surface area contributed by atoms with Crippen molar-refractivity contribution in [3.05, 3.63) is 35.4 Å². The molecule has 0 fully saturated rings. The lowest BCUT2D eigenvalue weighted by molar-refractivity contribution is -0.137. The predicted octanol–water partition coefficient (Wildman–Crippen LogP) is 0.375. The van der Waals surface area contributed by atoms with Crippen LogP contribution in [0.25, 0.3) is 0 Å². The van der Waals surface area contributed by atoms with Crippen molar-refractivity contribution in [3.63, 3.8) is 0 Å². The number of carbonyl (C=O) groups is 1. The molecule has 1 rings (SSSR count). The number of halogens is 3. The predicted molar refractivity (Wildman–Crippen MR) is 63.9 cm³/mol. The van der Waals surface area contributed by atoms with Gasteiger partial charge in [0.1, 0.15) is 6.04 Å². The summed E-state index contributed by atoms with van der Waals surface area (Å²) < 4.78 is 37.1. The Labute approximate surface area is 107 Å². The van der Waals surface area contributed by atoms with Gasteiger partial charge in [-0.15, -0.1) is 0 Å². The van der Waals surface area contributed by atoms with Crippen LogP contribution in [-0.2, 0) is 17.4 Å². The number of hydrogen-bond donors (Lipinski definition) is 3. The van der Waals surface area contributed by atoms with Gasteiger partial charge in [0, 0.05) is 6.42 Å². The van der Waals surface area contributed by atoms with Crippen LogP contribution in [0.1, 0.15) is 11.1 Å². The molecule has 0 aliphatic heterocycles. The number of nitrogens with zero attached hydrogens (tertiary/aromatic N) is 1. The van der Waals surface area contributed by atoms with Gasteiger partial charge in [0.2, 0.25) is 5.91 Å². The van der Waals surface area contributed by atoms with Crippen molar-refractivity contribution in [2.45, 2.75) is 18.6 Å². The number of alkyl halides is 3. The Morgan fingerprint density at radius 1 is 1.16 bits per heavy atom. The maximum absolute atomic E-state index is 12.4. The summed E-state index contributed by atoms with van der Waals surface area (Å²) in [7, 11) is 0. The highest BCUT2D eigenvalue weighted by Crippen LogP contribution is 2.29. The van der Waals surface area contributed by atoms with Crippen molar-refractivity contribution in [2.24, 2.45) is 22.2 Å². The molecule has 0 aliphatic carbocycles. The lowest BCUT2D eigenvalue weighted by Gasteiger charge is -2.11. The lowest BCUT2D eigenvalue weighted by Crippen LogP contribution is -2.34. The Morgan fingerprint density at radius 2 is 1.68 bits per heavy atom. The second-order valence-corrected chi connectivity index (χ2v) is 3.87. The van der Waals surface area contributed by atoms with Crippen LogP contribution in [0.4, 0.5) is 13.2 Å².